The molecule has 2 N–H and O–H groups in total. The zero-order chi connectivity index (χ0) is 14.5. The summed E-state index contributed by atoms with van der Waals surface area (Å²) in [5.74, 6) is 0.696. The highest BCUT2D eigenvalue weighted by Gasteiger charge is 2.33. The molecule has 0 spiro atoms. The van der Waals surface area contributed by atoms with Gasteiger partial charge < -0.3 is 5.73 Å². The predicted molar refractivity (Wildman–Crippen MR) is 89.1 cm³/mol. The summed E-state index contributed by atoms with van der Waals surface area (Å²) in [7, 11) is 0. The topological polar surface area (TPSA) is 29.3 Å². The normalized spacial score (nSPS) is 19.9. The van der Waals surface area contributed by atoms with E-state index in [2.05, 4.69) is 43.2 Å². The number of nitrogens with two attached hydrogens (primary N) is 1. The van der Waals surface area contributed by atoms with E-state index in [1.807, 2.05) is 11.3 Å². The zero-order valence-electron chi connectivity index (χ0n) is 13.2. The second-order valence-electron chi connectivity index (χ2n) is 6.56. The van der Waals surface area contributed by atoms with Crippen LogP contribution in [0.3, 0.4) is 0 Å². The smallest absolute Gasteiger partial charge is 0.0595 e. The first-order valence-electron chi connectivity index (χ1n) is 8.18. The van der Waals surface area contributed by atoms with Gasteiger partial charge in [0, 0.05) is 23.5 Å². The van der Waals surface area contributed by atoms with E-state index in [0.717, 1.165) is 12.5 Å². The van der Waals surface area contributed by atoms with Crippen molar-refractivity contribution in [2.45, 2.75) is 71.0 Å². The molecule has 0 amide bonds. The van der Waals surface area contributed by atoms with Crippen LogP contribution in [0, 0.1) is 5.92 Å². The lowest BCUT2D eigenvalue weighted by Crippen LogP contribution is -2.46. The Hall–Kier alpha value is -0.380. The van der Waals surface area contributed by atoms with Crippen molar-refractivity contribution in [2.24, 2.45) is 11.7 Å². The Kier molecular flexibility index (Phi) is 6.06. The fourth-order valence-electron chi connectivity index (χ4n) is 3.45. The third kappa shape index (κ3) is 3.84. The summed E-state index contributed by atoms with van der Waals surface area (Å²) in [4.78, 5) is 4.18. The Labute approximate surface area is 128 Å². The van der Waals surface area contributed by atoms with Crippen molar-refractivity contribution in [1.82, 2.24) is 4.90 Å². The molecular formula is C17H30N2S. The van der Waals surface area contributed by atoms with Crippen LogP contribution in [0.4, 0.5) is 0 Å². The fraction of sp³-hybridized carbons (Fsp3) is 0.765. The SMILES string of the molecule is CCC(N)C(c1cccs1)N(CC(C)C)C1CCCC1. The lowest BCUT2D eigenvalue weighted by Gasteiger charge is -2.40. The molecule has 1 fully saturated rings. The van der Waals surface area contributed by atoms with Gasteiger partial charge in [-0.3, -0.25) is 4.90 Å². The molecule has 1 saturated carbocycles. The summed E-state index contributed by atoms with van der Waals surface area (Å²) in [5.41, 5.74) is 6.52. The van der Waals surface area contributed by atoms with E-state index in [1.54, 1.807) is 0 Å². The largest absolute Gasteiger partial charge is 0.326 e. The molecule has 0 saturated heterocycles. The molecule has 0 radical (unpaired) electrons. The monoisotopic (exact) mass is 294 g/mol. The standard InChI is InChI=1S/C17H30N2S/c1-4-15(18)17(16-10-7-11-20-16)19(12-13(2)3)14-8-5-6-9-14/h7,10-11,13-15,17H,4-6,8-9,12,18H2,1-3H3. The molecule has 1 aliphatic carbocycles. The van der Waals surface area contributed by atoms with Crippen molar-refractivity contribution in [1.29, 1.82) is 0 Å². The van der Waals surface area contributed by atoms with Crippen LogP contribution in [0.2, 0.25) is 0 Å². The second-order valence-corrected chi connectivity index (χ2v) is 7.54. The van der Waals surface area contributed by atoms with Gasteiger partial charge in [-0.15, -0.1) is 11.3 Å². The summed E-state index contributed by atoms with van der Waals surface area (Å²) < 4.78 is 0. The van der Waals surface area contributed by atoms with Crippen LogP contribution >= 0.6 is 11.3 Å². The van der Waals surface area contributed by atoms with Crippen LogP contribution in [0.15, 0.2) is 17.5 Å². The maximum Gasteiger partial charge on any atom is 0.0595 e. The molecule has 1 aromatic rings. The van der Waals surface area contributed by atoms with Crippen molar-refractivity contribution < 1.29 is 0 Å². The molecule has 114 valence electrons. The minimum absolute atomic E-state index is 0.244. The van der Waals surface area contributed by atoms with E-state index >= 15 is 0 Å². The Bertz CT molecular complexity index is 368. The molecule has 1 heterocycles. The lowest BCUT2D eigenvalue weighted by molar-refractivity contribution is 0.101. The van der Waals surface area contributed by atoms with E-state index in [9.17, 15) is 0 Å². The van der Waals surface area contributed by atoms with Crippen LogP contribution in [-0.4, -0.2) is 23.5 Å². The summed E-state index contributed by atoms with van der Waals surface area (Å²) in [5, 5.41) is 2.19. The average molecular weight is 295 g/mol. The Morgan fingerprint density at radius 2 is 2.05 bits per heavy atom. The number of nitrogens with zero attached hydrogens (tertiary/aromatic N) is 1. The number of rotatable bonds is 7. The molecule has 1 aliphatic rings. The van der Waals surface area contributed by atoms with Crippen molar-refractivity contribution in [2.75, 3.05) is 6.54 Å². The minimum Gasteiger partial charge on any atom is -0.326 e. The molecule has 0 bridgehead atoms. The Balaban J connectivity index is 2.24. The molecular weight excluding hydrogens is 264 g/mol. The number of thiophene rings is 1. The Morgan fingerprint density at radius 1 is 1.35 bits per heavy atom. The van der Waals surface area contributed by atoms with Gasteiger partial charge in [-0.1, -0.05) is 39.7 Å². The molecule has 3 heteroatoms. The van der Waals surface area contributed by atoms with E-state index in [4.69, 9.17) is 5.73 Å². The summed E-state index contributed by atoms with van der Waals surface area (Å²) in [6.45, 7) is 8.03. The van der Waals surface area contributed by atoms with Gasteiger partial charge in [0.25, 0.3) is 0 Å². The number of hydrogen-bond acceptors (Lipinski definition) is 3. The first kappa shape index (κ1) is 16.0. The van der Waals surface area contributed by atoms with Gasteiger partial charge in [0.1, 0.15) is 0 Å². The van der Waals surface area contributed by atoms with Gasteiger partial charge in [-0.25, -0.2) is 0 Å². The molecule has 2 rings (SSSR count). The highest BCUT2D eigenvalue weighted by molar-refractivity contribution is 7.10. The van der Waals surface area contributed by atoms with Crippen LogP contribution in [-0.2, 0) is 0 Å². The van der Waals surface area contributed by atoms with Crippen molar-refractivity contribution in [3.63, 3.8) is 0 Å². The van der Waals surface area contributed by atoms with Crippen molar-refractivity contribution in [3.8, 4) is 0 Å². The maximum absolute atomic E-state index is 6.52. The summed E-state index contributed by atoms with van der Waals surface area (Å²) in [6, 6.07) is 5.82. The quantitative estimate of drug-likeness (QED) is 0.806. The van der Waals surface area contributed by atoms with E-state index in [0.29, 0.717) is 12.0 Å². The molecule has 0 aliphatic heterocycles. The third-order valence-corrected chi connectivity index (χ3v) is 5.38. The fourth-order valence-corrected chi connectivity index (χ4v) is 4.37. The predicted octanol–water partition coefficient (Wildman–Crippen LogP) is 4.43. The third-order valence-electron chi connectivity index (χ3n) is 4.44. The zero-order valence-corrected chi connectivity index (χ0v) is 14.0. The van der Waals surface area contributed by atoms with Crippen molar-refractivity contribution >= 4 is 11.3 Å². The van der Waals surface area contributed by atoms with Crippen LogP contribution in [0.1, 0.15) is 63.8 Å². The molecule has 2 nitrogen and oxygen atoms in total. The number of hydrogen-bond donors (Lipinski definition) is 1. The molecule has 2 atom stereocenters. The highest BCUT2D eigenvalue weighted by Crippen LogP contribution is 2.35. The van der Waals surface area contributed by atoms with Gasteiger partial charge in [0.15, 0.2) is 0 Å². The van der Waals surface area contributed by atoms with Gasteiger partial charge >= 0.3 is 0 Å². The molecule has 2 unspecified atom stereocenters. The van der Waals surface area contributed by atoms with Gasteiger partial charge in [0.05, 0.1) is 6.04 Å². The molecule has 20 heavy (non-hydrogen) atoms. The summed E-state index contributed by atoms with van der Waals surface area (Å²) in [6.07, 6.45) is 6.52. The average Bonchev–Trinajstić information content (AvgIpc) is 3.10. The van der Waals surface area contributed by atoms with Gasteiger partial charge in [0.2, 0.25) is 0 Å². The van der Waals surface area contributed by atoms with Crippen LogP contribution in [0.5, 0.6) is 0 Å². The van der Waals surface area contributed by atoms with E-state index in [-0.39, 0.29) is 6.04 Å². The maximum atomic E-state index is 6.52. The first-order chi connectivity index (χ1) is 9.63. The summed E-state index contributed by atoms with van der Waals surface area (Å²) >= 11 is 1.87. The van der Waals surface area contributed by atoms with E-state index < -0.39 is 0 Å². The second kappa shape index (κ2) is 7.58. The molecule has 0 aromatic carbocycles. The minimum atomic E-state index is 0.244. The molecule has 1 aromatic heterocycles. The van der Waals surface area contributed by atoms with Crippen LogP contribution in [0.25, 0.3) is 0 Å². The van der Waals surface area contributed by atoms with Gasteiger partial charge in [-0.2, -0.15) is 0 Å². The van der Waals surface area contributed by atoms with Crippen molar-refractivity contribution in [3.05, 3.63) is 22.4 Å². The van der Waals surface area contributed by atoms with E-state index in [1.165, 1.54) is 37.1 Å². The lowest BCUT2D eigenvalue weighted by atomic mass is 9.98. The van der Waals surface area contributed by atoms with Crippen LogP contribution < -0.4 is 5.73 Å². The highest BCUT2D eigenvalue weighted by atomic mass is 32.1. The van der Waals surface area contributed by atoms with Gasteiger partial charge in [-0.05, 0) is 36.6 Å². The first-order valence-corrected chi connectivity index (χ1v) is 9.06. The Morgan fingerprint density at radius 3 is 2.55 bits per heavy atom.